The number of ether oxygens (including phenoxy) is 1. The maximum atomic E-state index is 15.1. The number of hydrogen-bond donors (Lipinski definition) is 2. The third-order valence-electron chi connectivity index (χ3n) is 8.32. The third-order valence-corrected chi connectivity index (χ3v) is 9.89. The molecule has 0 aliphatic carbocycles. The van der Waals surface area contributed by atoms with E-state index in [1.165, 1.54) is 13.2 Å². The first-order valence-electron chi connectivity index (χ1n) is 13.9. The Hall–Kier alpha value is -3.69. The number of hydrogen-bond acceptors (Lipinski definition) is 7. The van der Waals surface area contributed by atoms with E-state index in [2.05, 4.69) is 33.4 Å². The summed E-state index contributed by atoms with van der Waals surface area (Å²) in [7, 11) is 1.56. The highest BCUT2D eigenvalue weighted by Gasteiger charge is 2.41. The van der Waals surface area contributed by atoms with Crippen LogP contribution in [0.3, 0.4) is 0 Å². The van der Waals surface area contributed by atoms with Gasteiger partial charge in [0.1, 0.15) is 0 Å². The first-order valence-corrected chi connectivity index (χ1v) is 14.9. The third kappa shape index (κ3) is 5.36. The second kappa shape index (κ2) is 11.7. The fraction of sp³-hybridized carbons (Fsp3) is 0.448. The zero-order valence-electron chi connectivity index (χ0n) is 23.8. The molecule has 218 valence electrons. The van der Waals surface area contributed by atoms with E-state index >= 15 is 4.39 Å². The van der Waals surface area contributed by atoms with Gasteiger partial charge in [-0.3, -0.25) is 19.9 Å². The number of likely N-dealkylation sites (N-methyl/N-ethyl adjacent to an activating group) is 1. The molecule has 12 heteroatoms. The number of fused-ring (bicyclic) bond motifs is 2. The van der Waals surface area contributed by atoms with E-state index in [0.717, 1.165) is 60.0 Å². The predicted octanol–water partition coefficient (Wildman–Crippen LogP) is 3.58. The molecule has 4 heterocycles. The number of amides is 4. The maximum absolute atomic E-state index is 15.1. The number of imide groups is 1. The van der Waals surface area contributed by atoms with Crippen LogP contribution in [-0.4, -0.2) is 79.5 Å². The van der Waals surface area contributed by atoms with Gasteiger partial charge in [0, 0.05) is 44.4 Å². The van der Waals surface area contributed by atoms with Crippen molar-refractivity contribution in [1.82, 2.24) is 25.4 Å². The van der Waals surface area contributed by atoms with Crippen LogP contribution in [0.2, 0.25) is 0 Å². The van der Waals surface area contributed by atoms with Gasteiger partial charge in [-0.15, -0.1) is 8.19 Å². The molecule has 5 rings (SSSR count). The van der Waals surface area contributed by atoms with Crippen LogP contribution in [0.25, 0.3) is 10.6 Å². The van der Waals surface area contributed by atoms with Crippen molar-refractivity contribution in [2.45, 2.75) is 39.3 Å². The lowest BCUT2D eigenvalue weighted by Crippen LogP contribution is -2.55. The molecule has 0 spiro atoms. The summed E-state index contributed by atoms with van der Waals surface area (Å²) in [6, 6.07) is 6.72. The normalized spacial score (nSPS) is 17.1. The van der Waals surface area contributed by atoms with Crippen LogP contribution in [0, 0.1) is 12.7 Å². The smallest absolute Gasteiger partial charge is 0.321 e. The van der Waals surface area contributed by atoms with Crippen molar-refractivity contribution in [3.63, 3.8) is 0 Å². The van der Waals surface area contributed by atoms with E-state index in [0.29, 0.717) is 18.4 Å². The Labute approximate surface area is 240 Å². The van der Waals surface area contributed by atoms with E-state index in [9.17, 15) is 14.4 Å². The van der Waals surface area contributed by atoms with Gasteiger partial charge in [0.25, 0.3) is 5.91 Å². The topological polar surface area (TPSA) is 107 Å². The highest BCUT2D eigenvalue weighted by Crippen LogP contribution is 2.42. The second-order valence-corrected chi connectivity index (χ2v) is 11.9. The summed E-state index contributed by atoms with van der Waals surface area (Å²) in [5.41, 5.74) is 2.44. The molecular weight excluding hydrogens is 546 g/mol. The number of aryl methyl sites for hydroxylation is 1. The molecule has 41 heavy (non-hydrogen) atoms. The van der Waals surface area contributed by atoms with Crippen molar-refractivity contribution >= 4 is 42.9 Å². The molecule has 1 aromatic carbocycles. The zero-order chi connectivity index (χ0) is 29.3. The van der Waals surface area contributed by atoms with E-state index in [-0.39, 0.29) is 32.6 Å². The molecule has 0 saturated carbocycles. The Morgan fingerprint density at radius 3 is 2.63 bits per heavy atom. The van der Waals surface area contributed by atoms with E-state index in [1.807, 2.05) is 19.9 Å². The van der Waals surface area contributed by atoms with Crippen molar-refractivity contribution in [3.05, 3.63) is 52.2 Å². The van der Waals surface area contributed by atoms with Crippen LogP contribution >= 0.6 is 8.19 Å². The molecule has 2 N–H and O–H groups in total. The van der Waals surface area contributed by atoms with Crippen LogP contribution in [0.15, 0.2) is 24.3 Å². The molecule has 2 aromatic heterocycles. The Kier molecular flexibility index (Phi) is 8.20. The zero-order valence-corrected chi connectivity index (χ0v) is 24.8. The number of rotatable bonds is 9. The Balaban J connectivity index is 1.50. The highest BCUT2D eigenvalue weighted by molar-refractivity contribution is 7.38. The molecule has 2 aliphatic rings. The molecule has 4 amide bonds. The number of nitrogens with zero attached hydrogens (tertiary/aromatic N) is 4. The van der Waals surface area contributed by atoms with Gasteiger partial charge in [0.05, 0.1) is 35.1 Å². The molecule has 1 fully saturated rings. The van der Waals surface area contributed by atoms with Gasteiger partial charge in [-0.05, 0) is 48.9 Å². The fourth-order valence-electron chi connectivity index (χ4n) is 5.92. The van der Waals surface area contributed by atoms with E-state index in [4.69, 9.17) is 9.72 Å². The van der Waals surface area contributed by atoms with Gasteiger partial charge in [0.2, 0.25) is 6.41 Å². The molecule has 2 atom stereocenters. The Morgan fingerprint density at radius 2 is 1.98 bits per heavy atom. The average Bonchev–Trinajstić information content (AvgIpc) is 3.53. The minimum atomic E-state index is -1.01. The number of piperazine rings is 1. The Morgan fingerprint density at radius 1 is 1.22 bits per heavy atom. The van der Waals surface area contributed by atoms with Crippen LogP contribution in [-0.2, 0) is 16.9 Å². The number of methoxy groups -OCH3 is 1. The van der Waals surface area contributed by atoms with E-state index < -0.39 is 23.3 Å². The highest BCUT2D eigenvalue weighted by atomic mass is 31.0. The quantitative estimate of drug-likeness (QED) is 0.372. The number of carbonyl (C=O) groups is 3. The second-order valence-electron chi connectivity index (χ2n) is 10.6. The lowest BCUT2D eigenvalue weighted by Gasteiger charge is -2.36. The number of anilines is 1. The number of benzene rings is 1. The van der Waals surface area contributed by atoms with Crippen molar-refractivity contribution in [1.29, 1.82) is 0 Å². The molecular formula is C29H36FN6O4P. The lowest BCUT2D eigenvalue weighted by molar-refractivity contribution is -0.108. The number of urea groups is 1. The predicted molar refractivity (Wildman–Crippen MR) is 158 cm³/mol. The average molecular weight is 583 g/mol. The first-order chi connectivity index (χ1) is 19.7. The number of carbonyl (C=O) groups excluding carboxylic acids is 3. The van der Waals surface area contributed by atoms with Crippen LogP contribution in [0.1, 0.15) is 47.2 Å². The summed E-state index contributed by atoms with van der Waals surface area (Å²) in [5, 5.41) is 7.11. The minimum Gasteiger partial charge on any atom is -0.494 e. The van der Waals surface area contributed by atoms with Gasteiger partial charge < -0.3 is 24.8 Å². The van der Waals surface area contributed by atoms with Gasteiger partial charge in [-0.25, -0.2) is 9.18 Å². The fourth-order valence-corrected chi connectivity index (χ4v) is 7.44. The SMILES string of the molecule is CCN1CCN(c2cc3[pH]c([C@](CC)(CN4Cc5ccc(OC)c(F)c5C4=O)NC(=O)NC=O)cc3nc2C)CC1. The van der Waals surface area contributed by atoms with Crippen LogP contribution in [0.5, 0.6) is 5.75 Å². The Bertz CT molecular complexity index is 1490. The number of nitrogens with one attached hydrogen (secondary N) is 2. The monoisotopic (exact) mass is 582 g/mol. The minimum absolute atomic E-state index is 0.00739. The lowest BCUT2D eigenvalue weighted by atomic mass is 9.93. The summed E-state index contributed by atoms with van der Waals surface area (Å²) in [6.45, 7) is 11.3. The van der Waals surface area contributed by atoms with Crippen LogP contribution < -0.4 is 20.3 Å². The van der Waals surface area contributed by atoms with E-state index in [1.54, 1.807) is 11.0 Å². The van der Waals surface area contributed by atoms with Gasteiger partial charge in [-0.2, -0.15) is 0 Å². The molecule has 2 aliphatic heterocycles. The molecule has 1 saturated heterocycles. The van der Waals surface area contributed by atoms with Crippen molar-refractivity contribution in [2.24, 2.45) is 0 Å². The summed E-state index contributed by atoms with van der Waals surface area (Å²) < 4.78 is 20.1. The molecule has 3 aromatic rings. The van der Waals surface area contributed by atoms with Crippen molar-refractivity contribution < 1.29 is 23.5 Å². The molecule has 0 radical (unpaired) electrons. The summed E-state index contributed by atoms with van der Waals surface area (Å²) >= 11 is 0. The molecule has 1 unspecified atom stereocenters. The van der Waals surface area contributed by atoms with Crippen molar-refractivity contribution in [3.8, 4) is 5.75 Å². The standard InChI is InChI=1S/C29H36FN6O4P/c1-5-29(33-28(39)31-17-37,16-36-15-19-7-8-22(40-4)26(30)25(19)27(36)38)24-13-20-23(41-24)14-21(18(3)32-20)35-11-9-34(6-2)10-12-35/h7-8,13-14,17,41H,5-6,9-12,15-16H2,1-4H3,(H2,31,33,37,39)/t29-/m0/s1. The largest absolute Gasteiger partial charge is 0.494 e. The van der Waals surface area contributed by atoms with Gasteiger partial charge in [-0.1, -0.05) is 19.9 Å². The van der Waals surface area contributed by atoms with Gasteiger partial charge in [0.15, 0.2) is 11.6 Å². The summed E-state index contributed by atoms with van der Waals surface area (Å²) in [5.74, 6) is -1.14. The summed E-state index contributed by atoms with van der Waals surface area (Å²) in [6.07, 6.45) is 0.757. The first kappa shape index (κ1) is 28.8. The number of pyridine rings is 1. The van der Waals surface area contributed by atoms with Crippen molar-refractivity contribution in [2.75, 3.05) is 51.3 Å². The summed E-state index contributed by atoms with van der Waals surface area (Å²) in [4.78, 5) is 48.5. The molecule has 0 bridgehead atoms. The number of halogens is 1. The molecule has 10 nitrogen and oxygen atoms in total. The number of aromatic nitrogens is 1. The maximum Gasteiger partial charge on any atom is 0.321 e. The van der Waals surface area contributed by atoms with Crippen LogP contribution in [0.4, 0.5) is 14.9 Å². The van der Waals surface area contributed by atoms with Gasteiger partial charge >= 0.3 is 6.03 Å².